The van der Waals surface area contributed by atoms with E-state index in [2.05, 4.69) is 55.6 Å². The molecule has 2 aromatic rings. The Morgan fingerprint density at radius 2 is 1.91 bits per heavy atom. The summed E-state index contributed by atoms with van der Waals surface area (Å²) in [6.45, 7) is 4.38. The maximum absolute atomic E-state index is 6.48. The standard InChI is InChI=1S/C20H20ClN/c1-12-10-13(2)19-17(11-12)14-7-5-8-15(14)20(22-19)16-6-3-4-9-18(16)21/h3-7,9-11,14-15,20,22H,8H2,1-2H3. The second-order valence-electron chi connectivity index (χ2n) is 6.54. The average Bonchev–Trinajstić information content (AvgIpc) is 2.97. The molecule has 0 bridgehead atoms. The van der Waals surface area contributed by atoms with Crippen molar-refractivity contribution in [2.45, 2.75) is 32.2 Å². The molecule has 1 aliphatic heterocycles. The molecule has 4 rings (SSSR count). The number of allylic oxidation sites excluding steroid dienone is 2. The van der Waals surface area contributed by atoms with Gasteiger partial charge in [0.25, 0.3) is 0 Å². The third-order valence-corrected chi connectivity index (χ3v) is 5.39. The Balaban J connectivity index is 1.86. The third kappa shape index (κ3) is 2.07. The van der Waals surface area contributed by atoms with Crippen molar-refractivity contribution in [2.24, 2.45) is 5.92 Å². The van der Waals surface area contributed by atoms with E-state index in [1.54, 1.807) is 0 Å². The summed E-state index contributed by atoms with van der Waals surface area (Å²) in [4.78, 5) is 0. The van der Waals surface area contributed by atoms with Crippen molar-refractivity contribution >= 4 is 17.3 Å². The number of nitrogens with one attached hydrogen (secondary N) is 1. The number of fused-ring (bicyclic) bond motifs is 3. The highest BCUT2D eigenvalue weighted by atomic mass is 35.5. The monoisotopic (exact) mass is 309 g/mol. The molecule has 2 heteroatoms. The Morgan fingerprint density at radius 1 is 1.09 bits per heavy atom. The number of aryl methyl sites for hydroxylation is 2. The summed E-state index contributed by atoms with van der Waals surface area (Å²) in [5.41, 5.74) is 6.62. The molecular formula is C20H20ClN. The summed E-state index contributed by atoms with van der Waals surface area (Å²) in [5.74, 6) is 1.05. The predicted molar refractivity (Wildman–Crippen MR) is 93.7 cm³/mol. The summed E-state index contributed by atoms with van der Waals surface area (Å²) in [5, 5.41) is 4.66. The number of halogens is 1. The summed E-state index contributed by atoms with van der Waals surface area (Å²) in [6.07, 6.45) is 5.82. The van der Waals surface area contributed by atoms with Crippen LogP contribution in [-0.4, -0.2) is 0 Å². The lowest BCUT2D eigenvalue weighted by atomic mass is 9.76. The van der Waals surface area contributed by atoms with E-state index in [9.17, 15) is 0 Å². The van der Waals surface area contributed by atoms with E-state index >= 15 is 0 Å². The van der Waals surface area contributed by atoms with Gasteiger partial charge in [0, 0.05) is 16.6 Å². The quantitative estimate of drug-likeness (QED) is 0.658. The van der Waals surface area contributed by atoms with Gasteiger partial charge >= 0.3 is 0 Å². The van der Waals surface area contributed by atoms with Gasteiger partial charge in [0.1, 0.15) is 0 Å². The summed E-state index contributed by atoms with van der Waals surface area (Å²) in [7, 11) is 0. The van der Waals surface area contributed by atoms with Gasteiger partial charge in [0.2, 0.25) is 0 Å². The van der Waals surface area contributed by atoms with Crippen molar-refractivity contribution in [1.82, 2.24) is 0 Å². The fourth-order valence-electron chi connectivity index (χ4n) is 4.11. The van der Waals surface area contributed by atoms with Gasteiger partial charge in [-0.25, -0.2) is 0 Å². The molecule has 0 radical (unpaired) electrons. The Hall–Kier alpha value is -1.73. The lowest BCUT2D eigenvalue weighted by molar-refractivity contribution is 0.425. The fourth-order valence-corrected chi connectivity index (χ4v) is 4.36. The first-order valence-electron chi connectivity index (χ1n) is 7.94. The second kappa shape index (κ2) is 5.17. The van der Waals surface area contributed by atoms with Crippen molar-refractivity contribution in [1.29, 1.82) is 0 Å². The Bertz CT molecular complexity index is 762. The molecule has 1 heterocycles. The van der Waals surface area contributed by atoms with Crippen molar-refractivity contribution in [3.63, 3.8) is 0 Å². The van der Waals surface area contributed by atoms with Crippen LogP contribution in [-0.2, 0) is 0 Å². The van der Waals surface area contributed by atoms with Crippen molar-refractivity contribution in [2.75, 3.05) is 5.32 Å². The van der Waals surface area contributed by atoms with E-state index in [0.29, 0.717) is 11.8 Å². The Morgan fingerprint density at radius 3 is 2.73 bits per heavy atom. The van der Waals surface area contributed by atoms with Crippen LogP contribution < -0.4 is 5.32 Å². The van der Waals surface area contributed by atoms with Crippen LogP contribution in [0.15, 0.2) is 48.6 Å². The van der Waals surface area contributed by atoms with E-state index in [1.807, 2.05) is 12.1 Å². The van der Waals surface area contributed by atoms with E-state index in [0.717, 1.165) is 11.4 Å². The normalized spacial score (nSPS) is 25.5. The molecule has 0 fully saturated rings. The van der Waals surface area contributed by atoms with Gasteiger partial charge in [-0.2, -0.15) is 0 Å². The first-order valence-corrected chi connectivity index (χ1v) is 8.31. The minimum atomic E-state index is 0.280. The van der Waals surface area contributed by atoms with E-state index in [1.165, 1.54) is 27.9 Å². The molecule has 112 valence electrons. The first-order chi connectivity index (χ1) is 10.6. The number of benzene rings is 2. The molecule has 0 saturated carbocycles. The molecule has 2 aliphatic rings. The van der Waals surface area contributed by atoms with Crippen molar-refractivity contribution in [3.8, 4) is 0 Å². The second-order valence-corrected chi connectivity index (χ2v) is 6.95. The van der Waals surface area contributed by atoms with Crippen molar-refractivity contribution in [3.05, 3.63) is 75.8 Å². The Kier molecular flexibility index (Phi) is 3.27. The van der Waals surface area contributed by atoms with Gasteiger partial charge in [-0.3, -0.25) is 0 Å². The Labute approximate surface area is 137 Å². The van der Waals surface area contributed by atoms with Crippen LogP contribution in [0.25, 0.3) is 0 Å². The number of rotatable bonds is 1. The molecule has 3 unspecified atom stereocenters. The minimum Gasteiger partial charge on any atom is -0.377 e. The number of hydrogen-bond donors (Lipinski definition) is 1. The molecule has 0 aromatic heterocycles. The van der Waals surface area contributed by atoms with Crippen LogP contribution in [0, 0.1) is 19.8 Å². The molecule has 0 amide bonds. The van der Waals surface area contributed by atoms with Gasteiger partial charge in [-0.1, -0.05) is 59.6 Å². The predicted octanol–water partition coefficient (Wildman–Crippen LogP) is 5.78. The first kappa shape index (κ1) is 13.9. The van der Waals surface area contributed by atoms with Crippen LogP contribution >= 0.6 is 11.6 Å². The molecule has 0 spiro atoms. The van der Waals surface area contributed by atoms with E-state index in [-0.39, 0.29) is 6.04 Å². The van der Waals surface area contributed by atoms with Gasteiger partial charge in [-0.05, 0) is 48.9 Å². The summed E-state index contributed by atoms with van der Waals surface area (Å²) < 4.78 is 0. The van der Waals surface area contributed by atoms with Crippen LogP contribution in [0.3, 0.4) is 0 Å². The zero-order chi connectivity index (χ0) is 15.3. The molecule has 1 N–H and O–H groups in total. The lowest BCUT2D eigenvalue weighted by Gasteiger charge is -2.39. The maximum Gasteiger partial charge on any atom is 0.0568 e. The molecule has 1 aliphatic carbocycles. The number of anilines is 1. The number of hydrogen-bond acceptors (Lipinski definition) is 1. The van der Waals surface area contributed by atoms with Crippen LogP contribution in [0.4, 0.5) is 5.69 Å². The zero-order valence-electron chi connectivity index (χ0n) is 12.9. The van der Waals surface area contributed by atoms with Crippen molar-refractivity contribution < 1.29 is 0 Å². The maximum atomic E-state index is 6.48. The molecule has 2 aromatic carbocycles. The highest BCUT2D eigenvalue weighted by Gasteiger charge is 2.39. The molecule has 22 heavy (non-hydrogen) atoms. The zero-order valence-corrected chi connectivity index (χ0v) is 13.7. The smallest absolute Gasteiger partial charge is 0.0568 e. The van der Waals surface area contributed by atoms with Gasteiger partial charge in [0.15, 0.2) is 0 Å². The molecule has 0 saturated heterocycles. The SMILES string of the molecule is Cc1cc(C)c2c(c1)C1C=CCC1C(c1ccccc1Cl)N2. The minimum absolute atomic E-state index is 0.280. The average molecular weight is 310 g/mol. The molecule has 1 nitrogen and oxygen atoms in total. The van der Waals surface area contributed by atoms with Gasteiger partial charge in [0.05, 0.1) is 6.04 Å². The topological polar surface area (TPSA) is 12.0 Å². The largest absolute Gasteiger partial charge is 0.377 e. The fraction of sp³-hybridized carbons (Fsp3) is 0.300. The highest BCUT2D eigenvalue weighted by molar-refractivity contribution is 6.31. The lowest BCUT2D eigenvalue weighted by Crippen LogP contribution is -2.29. The highest BCUT2D eigenvalue weighted by Crippen LogP contribution is 2.51. The molecular weight excluding hydrogens is 290 g/mol. The van der Waals surface area contributed by atoms with Gasteiger partial charge in [-0.15, -0.1) is 0 Å². The summed E-state index contributed by atoms with van der Waals surface area (Å²) >= 11 is 6.48. The van der Waals surface area contributed by atoms with E-state index < -0.39 is 0 Å². The van der Waals surface area contributed by atoms with Crippen LogP contribution in [0.5, 0.6) is 0 Å². The summed E-state index contributed by atoms with van der Waals surface area (Å²) in [6, 6.07) is 13.1. The third-order valence-electron chi connectivity index (χ3n) is 5.05. The van der Waals surface area contributed by atoms with E-state index in [4.69, 9.17) is 11.6 Å². The molecule has 3 atom stereocenters. The van der Waals surface area contributed by atoms with Crippen LogP contribution in [0.1, 0.15) is 40.6 Å². The van der Waals surface area contributed by atoms with Gasteiger partial charge < -0.3 is 5.32 Å². The van der Waals surface area contributed by atoms with Crippen LogP contribution in [0.2, 0.25) is 5.02 Å².